The van der Waals surface area contributed by atoms with E-state index in [0.29, 0.717) is 17.8 Å². The minimum absolute atomic E-state index is 0.00486. The zero-order valence-corrected chi connectivity index (χ0v) is 8.70. The van der Waals surface area contributed by atoms with E-state index in [1.807, 2.05) is 18.2 Å². The highest BCUT2D eigenvalue weighted by atomic mass is 16.1. The molecule has 0 aliphatic heterocycles. The lowest BCUT2D eigenvalue weighted by molar-refractivity contribution is -0.116. The number of para-hydroxylation sites is 2. The number of carbonyl (C=O) groups excluding carboxylic acids is 1. The van der Waals surface area contributed by atoms with Crippen molar-refractivity contribution in [2.75, 3.05) is 11.1 Å². The van der Waals surface area contributed by atoms with Gasteiger partial charge in [0, 0.05) is 6.42 Å². The maximum Gasteiger partial charge on any atom is 0.224 e. The summed E-state index contributed by atoms with van der Waals surface area (Å²) < 4.78 is 0. The molecule has 0 atom stereocenters. The van der Waals surface area contributed by atoms with E-state index in [2.05, 4.69) is 11.9 Å². The third-order valence-electron chi connectivity index (χ3n) is 2.05. The van der Waals surface area contributed by atoms with E-state index in [0.717, 1.165) is 12.8 Å². The molecule has 1 rings (SSSR count). The molecule has 0 radical (unpaired) electrons. The van der Waals surface area contributed by atoms with Crippen LogP contribution in [0.1, 0.15) is 19.3 Å². The number of rotatable bonds is 5. The number of nitrogens with two attached hydrogens (primary N) is 1. The highest BCUT2D eigenvalue weighted by Gasteiger charge is 2.03. The summed E-state index contributed by atoms with van der Waals surface area (Å²) in [7, 11) is 0. The van der Waals surface area contributed by atoms with Crippen molar-refractivity contribution in [2.24, 2.45) is 0 Å². The fourth-order valence-corrected chi connectivity index (χ4v) is 1.23. The predicted octanol–water partition coefficient (Wildman–Crippen LogP) is 2.56. The van der Waals surface area contributed by atoms with E-state index in [4.69, 9.17) is 5.73 Å². The van der Waals surface area contributed by atoms with Crippen LogP contribution in [-0.2, 0) is 4.79 Å². The van der Waals surface area contributed by atoms with Gasteiger partial charge < -0.3 is 11.1 Å². The summed E-state index contributed by atoms with van der Waals surface area (Å²) in [6, 6.07) is 7.23. The first-order chi connectivity index (χ1) is 7.24. The minimum atomic E-state index is -0.00486. The van der Waals surface area contributed by atoms with Crippen LogP contribution in [0.3, 0.4) is 0 Å². The second-order valence-corrected chi connectivity index (χ2v) is 3.32. The van der Waals surface area contributed by atoms with E-state index in [-0.39, 0.29) is 5.91 Å². The van der Waals surface area contributed by atoms with E-state index >= 15 is 0 Å². The van der Waals surface area contributed by atoms with Crippen molar-refractivity contribution in [1.29, 1.82) is 0 Å². The number of hydrogen-bond acceptors (Lipinski definition) is 2. The van der Waals surface area contributed by atoms with Gasteiger partial charge in [-0.25, -0.2) is 0 Å². The van der Waals surface area contributed by atoms with E-state index in [1.54, 1.807) is 12.1 Å². The van der Waals surface area contributed by atoms with Crippen LogP contribution in [0, 0.1) is 0 Å². The summed E-state index contributed by atoms with van der Waals surface area (Å²) in [4.78, 5) is 11.4. The fourth-order valence-electron chi connectivity index (χ4n) is 1.23. The number of benzene rings is 1. The van der Waals surface area contributed by atoms with Crippen LogP contribution in [0.25, 0.3) is 0 Å². The van der Waals surface area contributed by atoms with Crippen molar-refractivity contribution < 1.29 is 4.79 Å². The number of allylic oxidation sites excluding steroid dienone is 1. The molecule has 1 amide bonds. The van der Waals surface area contributed by atoms with Crippen LogP contribution in [0.4, 0.5) is 11.4 Å². The fraction of sp³-hybridized carbons (Fsp3) is 0.250. The summed E-state index contributed by atoms with van der Waals surface area (Å²) in [5, 5.41) is 2.77. The van der Waals surface area contributed by atoms with Crippen molar-refractivity contribution >= 4 is 17.3 Å². The van der Waals surface area contributed by atoms with E-state index < -0.39 is 0 Å². The number of carbonyl (C=O) groups is 1. The summed E-state index contributed by atoms with van der Waals surface area (Å²) in [6.45, 7) is 3.60. The molecule has 1 aromatic carbocycles. The number of amides is 1. The average molecular weight is 204 g/mol. The summed E-state index contributed by atoms with van der Waals surface area (Å²) in [6.07, 6.45) is 3.99. The normalized spacial score (nSPS) is 9.60. The average Bonchev–Trinajstić information content (AvgIpc) is 2.22. The molecular formula is C12H16N2O. The Kier molecular flexibility index (Phi) is 4.41. The second-order valence-electron chi connectivity index (χ2n) is 3.32. The number of unbranched alkanes of at least 4 members (excludes halogenated alkanes) is 1. The molecule has 0 saturated carbocycles. The van der Waals surface area contributed by atoms with Gasteiger partial charge in [0.25, 0.3) is 0 Å². The van der Waals surface area contributed by atoms with Gasteiger partial charge in [-0.15, -0.1) is 6.58 Å². The molecule has 0 aliphatic rings. The molecule has 3 N–H and O–H groups in total. The lowest BCUT2D eigenvalue weighted by atomic mass is 10.2. The van der Waals surface area contributed by atoms with Gasteiger partial charge in [0.05, 0.1) is 11.4 Å². The summed E-state index contributed by atoms with van der Waals surface area (Å²) in [5.41, 5.74) is 6.97. The molecule has 3 nitrogen and oxygen atoms in total. The zero-order valence-electron chi connectivity index (χ0n) is 8.70. The summed E-state index contributed by atoms with van der Waals surface area (Å²) in [5.74, 6) is -0.00486. The van der Waals surface area contributed by atoms with Crippen LogP contribution >= 0.6 is 0 Å². The van der Waals surface area contributed by atoms with Crippen molar-refractivity contribution in [3.05, 3.63) is 36.9 Å². The first-order valence-corrected chi connectivity index (χ1v) is 4.99. The Balaban J connectivity index is 2.44. The van der Waals surface area contributed by atoms with Crippen LogP contribution < -0.4 is 11.1 Å². The molecular weight excluding hydrogens is 188 g/mol. The van der Waals surface area contributed by atoms with Gasteiger partial charge in [-0.05, 0) is 25.0 Å². The summed E-state index contributed by atoms with van der Waals surface area (Å²) >= 11 is 0. The molecule has 0 aliphatic carbocycles. The van der Waals surface area contributed by atoms with Crippen molar-refractivity contribution in [3.63, 3.8) is 0 Å². The van der Waals surface area contributed by atoms with Crippen LogP contribution in [0.5, 0.6) is 0 Å². The van der Waals surface area contributed by atoms with Crippen LogP contribution in [0.15, 0.2) is 36.9 Å². The van der Waals surface area contributed by atoms with Gasteiger partial charge in [-0.2, -0.15) is 0 Å². The van der Waals surface area contributed by atoms with E-state index in [9.17, 15) is 4.79 Å². The Labute approximate surface area is 90.0 Å². The lowest BCUT2D eigenvalue weighted by Gasteiger charge is -2.06. The Morgan fingerprint density at radius 1 is 1.47 bits per heavy atom. The molecule has 0 spiro atoms. The Morgan fingerprint density at radius 3 is 2.87 bits per heavy atom. The number of anilines is 2. The maximum atomic E-state index is 11.4. The number of nitrogens with one attached hydrogen (secondary N) is 1. The topological polar surface area (TPSA) is 55.1 Å². The van der Waals surface area contributed by atoms with Gasteiger partial charge in [-0.1, -0.05) is 18.2 Å². The molecule has 0 unspecified atom stereocenters. The van der Waals surface area contributed by atoms with Gasteiger partial charge in [0.15, 0.2) is 0 Å². The Morgan fingerprint density at radius 2 is 2.20 bits per heavy atom. The molecule has 1 aromatic rings. The molecule has 3 heteroatoms. The lowest BCUT2D eigenvalue weighted by Crippen LogP contribution is -2.12. The van der Waals surface area contributed by atoms with Gasteiger partial charge in [0.1, 0.15) is 0 Å². The maximum absolute atomic E-state index is 11.4. The molecule has 15 heavy (non-hydrogen) atoms. The van der Waals surface area contributed by atoms with Gasteiger partial charge in [-0.3, -0.25) is 4.79 Å². The first-order valence-electron chi connectivity index (χ1n) is 4.99. The molecule has 0 aromatic heterocycles. The largest absolute Gasteiger partial charge is 0.397 e. The van der Waals surface area contributed by atoms with Gasteiger partial charge in [0.2, 0.25) is 5.91 Å². The molecule has 0 heterocycles. The third-order valence-corrected chi connectivity index (χ3v) is 2.05. The number of nitrogen functional groups attached to an aromatic ring is 1. The first kappa shape index (κ1) is 11.3. The molecule has 0 bridgehead atoms. The Bertz CT molecular complexity index is 347. The monoisotopic (exact) mass is 204 g/mol. The van der Waals surface area contributed by atoms with Crippen LogP contribution in [0.2, 0.25) is 0 Å². The SMILES string of the molecule is C=CCCCC(=O)Nc1ccccc1N. The predicted molar refractivity (Wildman–Crippen MR) is 63.5 cm³/mol. The highest BCUT2D eigenvalue weighted by Crippen LogP contribution is 2.16. The Hall–Kier alpha value is -1.77. The quantitative estimate of drug-likeness (QED) is 0.440. The van der Waals surface area contributed by atoms with Crippen molar-refractivity contribution in [1.82, 2.24) is 0 Å². The molecule has 0 fully saturated rings. The van der Waals surface area contributed by atoms with E-state index in [1.165, 1.54) is 0 Å². The second kappa shape index (κ2) is 5.86. The van der Waals surface area contributed by atoms with Crippen LogP contribution in [-0.4, -0.2) is 5.91 Å². The molecule has 80 valence electrons. The zero-order chi connectivity index (χ0) is 11.1. The van der Waals surface area contributed by atoms with Crippen molar-refractivity contribution in [2.45, 2.75) is 19.3 Å². The van der Waals surface area contributed by atoms with Gasteiger partial charge >= 0.3 is 0 Å². The highest BCUT2D eigenvalue weighted by molar-refractivity contribution is 5.93. The third kappa shape index (κ3) is 3.85. The minimum Gasteiger partial charge on any atom is -0.397 e. The smallest absolute Gasteiger partial charge is 0.224 e. The standard InChI is InChI=1S/C12H16N2O/c1-2-3-4-9-12(15)14-11-8-6-5-7-10(11)13/h2,5-8H,1,3-4,9,13H2,(H,14,15). The molecule has 0 saturated heterocycles. The van der Waals surface area contributed by atoms with Crippen molar-refractivity contribution in [3.8, 4) is 0 Å². The number of hydrogen-bond donors (Lipinski definition) is 2.